The van der Waals surface area contributed by atoms with Crippen LogP contribution in [0.25, 0.3) is 11.4 Å². The van der Waals surface area contributed by atoms with Gasteiger partial charge in [0, 0.05) is 35.5 Å². The second kappa shape index (κ2) is 8.86. The number of hydrogen-bond acceptors (Lipinski definition) is 7. The Labute approximate surface area is 194 Å². The lowest BCUT2D eigenvalue weighted by atomic mass is 9.83. The molecule has 0 saturated heterocycles. The monoisotopic (exact) mass is 471 g/mol. The zero-order chi connectivity index (χ0) is 23.8. The third-order valence-corrected chi connectivity index (χ3v) is 6.55. The zero-order valence-electron chi connectivity index (χ0n) is 18.3. The van der Waals surface area contributed by atoms with E-state index in [0.717, 1.165) is 11.4 Å². The number of likely N-dealkylation sites (N-methyl/N-ethyl adjacent to an activating group) is 1. The third kappa shape index (κ3) is 4.43. The number of para-hydroxylation sites is 1. The predicted molar refractivity (Wildman–Crippen MR) is 124 cm³/mol. The first kappa shape index (κ1) is 22.8. The molecule has 1 aromatic heterocycles. The molecule has 172 valence electrons. The molecule has 0 fully saturated rings. The number of allylic oxidation sites excluding steroid dienone is 2. The lowest BCUT2D eigenvalue weighted by molar-refractivity contribution is -0.112. The fourth-order valence-electron chi connectivity index (χ4n) is 3.95. The van der Waals surface area contributed by atoms with Gasteiger partial charge in [-0.05, 0) is 35.9 Å². The van der Waals surface area contributed by atoms with Gasteiger partial charge in [0.25, 0.3) is 0 Å². The molecule has 0 atom stereocenters. The number of nitrogens with two attached hydrogens (primary N) is 1. The van der Waals surface area contributed by atoms with E-state index < -0.39 is 6.61 Å². The van der Waals surface area contributed by atoms with Crippen molar-refractivity contribution in [1.29, 1.82) is 0 Å². The number of ketones is 1. The maximum Gasteiger partial charge on any atom is 0.387 e. The van der Waals surface area contributed by atoms with Crippen molar-refractivity contribution in [1.82, 2.24) is 14.9 Å². The first-order valence-electron chi connectivity index (χ1n) is 10.1. The van der Waals surface area contributed by atoms with Gasteiger partial charge in [0.1, 0.15) is 5.75 Å². The summed E-state index contributed by atoms with van der Waals surface area (Å²) in [5.41, 5.74) is 3.49. The van der Waals surface area contributed by atoms with Crippen LogP contribution >= 0.6 is 11.8 Å². The van der Waals surface area contributed by atoms with Gasteiger partial charge < -0.3 is 15.5 Å². The number of anilines is 1. The summed E-state index contributed by atoms with van der Waals surface area (Å²) in [5.74, 6) is 6.56. The molecule has 2 N–H and O–H groups in total. The van der Waals surface area contributed by atoms with E-state index >= 15 is 0 Å². The average molecular weight is 472 g/mol. The smallest absolute Gasteiger partial charge is 0.387 e. The molecular weight excluding hydrogens is 448 g/mol. The molecule has 0 unspecified atom stereocenters. The van der Waals surface area contributed by atoms with Crippen molar-refractivity contribution < 1.29 is 18.3 Å². The number of carbonyl (C=O) groups excluding carboxylic acids is 1. The maximum atomic E-state index is 12.8. The van der Waals surface area contributed by atoms with Gasteiger partial charge in [-0.3, -0.25) is 4.79 Å². The fraction of sp³-hybridized carbons (Fsp3) is 0.261. The van der Waals surface area contributed by atoms with Crippen LogP contribution < -0.4 is 15.5 Å². The van der Waals surface area contributed by atoms with E-state index in [1.165, 1.54) is 34.1 Å². The number of nitrogen functional groups attached to an aromatic ring is 1. The molecule has 0 bridgehead atoms. The predicted octanol–water partition coefficient (Wildman–Crippen LogP) is 4.23. The van der Waals surface area contributed by atoms with Crippen LogP contribution in [-0.2, 0) is 10.2 Å². The molecule has 3 aromatic rings. The Kier molecular flexibility index (Phi) is 6.11. The summed E-state index contributed by atoms with van der Waals surface area (Å²) in [4.78, 5) is 14.8. The SMILES string of the molecule is CN1/C(=C\C(=O)CSc2nnc(-c3ccc(OC(F)F)cc3)n2N)C(C)(C)c2ccccc21. The molecule has 7 nitrogen and oxygen atoms in total. The zero-order valence-corrected chi connectivity index (χ0v) is 19.1. The third-order valence-electron chi connectivity index (χ3n) is 5.58. The van der Waals surface area contributed by atoms with Gasteiger partial charge in [-0.15, -0.1) is 10.2 Å². The Morgan fingerprint density at radius 1 is 1.18 bits per heavy atom. The number of hydrogen-bond donors (Lipinski definition) is 1. The summed E-state index contributed by atoms with van der Waals surface area (Å²) in [6.45, 7) is 1.30. The quantitative estimate of drug-likeness (QED) is 0.313. The van der Waals surface area contributed by atoms with Crippen LogP contribution in [0.5, 0.6) is 5.75 Å². The van der Waals surface area contributed by atoms with E-state index in [1.54, 1.807) is 18.2 Å². The van der Waals surface area contributed by atoms with Crippen LogP contribution in [0.15, 0.2) is 65.5 Å². The number of rotatable bonds is 7. The van der Waals surface area contributed by atoms with Crippen LogP contribution in [0.2, 0.25) is 0 Å². The Balaban J connectivity index is 1.45. The van der Waals surface area contributed by atoms with Gasteiger partial charge in [0.15, 0.2) is 11.6 Å². The number of ether oxygens (including phenoxy) is 1. The van der Waals surface area contributed by atoms with Crippen molar-refractivity contribution in [2.45, 2.75) is 31.0 Å². The molecule has 1 aliphatic heterocycles. The highest BCUT2D eigenvalue weighted by molar-refractivity contribution is 7.99. The lowest BCUT2D eigenvalue weighted by Crippen LogP contribution is -2.24. The van der Waals surface area contributed by atoms with Gasteiger partial charge in [0.05, 0.1) is 5.75 Å². The number of carbonyl (C=O) groups is 1. The van der Waals surface area contributed by atoms with Crippen molar-refractivity contribution in [3.63, 3.8) is 0 Å². The minimum atomic E-state index is -2.90. The van der Waals surface area contributed by atoms with E-state index in [0.29, 0.717) is 16.5 Å². The summed E-state index contributed by atoms with van der Waals surface area (Å²) >= 11 is 1.18. The van der Waals surface area contributed by atoms with Crippen LogP contribution in [-0.4, -0.2) is 40.1 Å². The molecule has 10 heteroatoms. The molecular formula is C23H23F2N5O2S. The van der Waals surface area contributed by atoms with Crippen molar-refractivity contribution in [3.8, 4) is 17.1 Å². The molecule has 0 aliphatic carbocycles. The number of aromatic nitrogens is 3. The Bertz CT molecular complexity index is 1210. The van der Waals surface area contributed by atoms with Gasteiger partial charge in [-0.25, -0.2) is 4.68 Å². The molecule has 33 heavy (non-hydrogen) atoms. The molecule has 0 radical (unpaired) electrons. The first-order valence-corrected chi connectivity index (χ1v) is 11.1. The number of benzene rings is 2. The van der Waals surface area contributed by atoms with Crippen LogP contribution in [0.1, 0.15) is 19.4 Å². The standard InChI is InChI=1S/C23H23F2N5O2S/c1-23(2)17-6-4-5-7-18(17)29(3)19(23)12-15(31)13-33-22-28-27-20(30(22)26)14-8-10-16(11-9-14)32-21(24)25/h4-12,21H,13,26H2,1-3H3/b19-12-. The molecule has 2 heterocycles. The number of alkyl halides is 2. The highest BCUT2D eigenvalue weighted by Crippen LogP contribution is 2.46. The van der Waals surface area contributed by atoms with Crippen molar-refractivity contribution >= 4 is 23.2 Å². The molecule has 1 aliphatic rings. The Hall–Kier alpha value is -3.40. The number of thioether (sulfide) groups is 1. The Morgan fingerprint density at radius 2 is 1.88 bits per heavy atom. The maximum absolute atomic E-state index is 12.8. The van der Waals surface area contributed by atoms with Crippen molar-refractivity contribution in [2.24, 2.45) is 0 Å². The summed E-state index contributed by atoms with van der Waals surface area (Å²) in [5, 5.41) is 8.49. The van der Waals surface area contributed by atoms with Gasteiger partial charge >= 0.3 is 6.61 Å². The van der Waals surface area contributed by atoms with E-state index in [9.17, 15) is 13.6 Å². The number of nitrogens with zero attached hydrogens (tertiary/aromatic N) is 4. The van der Waals surface area contributed by atoms with E-state index in [1.807, 2.05) is 30.1 Å². The van der Waals surface area contributed by atoms with Gasteiger partial charge in [-0.2, -0.15) is 8.78 Å². The Morgan fingerprint density at radius 3 is 2.55 bits per heavy atom. The van der Waals surface area contributed by atoms with Gasteiger partial charge in [0.2, 0.25) is 5.16 Å². The molecule has 0 saturated carbocycles. The largest absolute Gasteiger partial charge is 0.435 e. The number of fused-ring (bicyclic) bond motifs is 1. The fourth-order valence-corrected chi connectivity index (χ4v) is 4.63. The molecule has 0 spiro atoms. The van der Waals surface area contributed by atoms with E-state index in [2.05, 4.69) is 34.8 Å². The topological polar surface area (TPSA) is 86.3 Å². The van der Waals surface area contributed by atoms with Crippen LogP contribution in [0.3, 0.4) is 0 Å². The van der Waals surface area contributed by atoms with E-state index in [-0.39, 0.29) is 22.7 Å². The van der Waals surface area contributed by atoms with Crippen molar-refractivity contribution in [3.05, 3.63) is 65.9 Å². The lowest BCUT2D eigenvalue weighted by Gasteiger charge is -2.23. The summed E-state index contributed by atoms with van der Waals surface area (Å²) in [6, 6.07) is 14.0. The second-order valence-electron chi connectivity index (χ2n) is 8.06. The second-order valence-corrected chi connectivity index (χ2v) is 9.01. The highest BCUT2D eigenvalue weighted by Gasteiger charge is 2.38. The minimum Gasteiger partial charge on any atom is -0.435 e. The minimum absolute atomic E-state index is 0.0343. The van der Waals surface area contributed by atoms with Crippen LogP contribution in [0, 0.1) is 0 Å². The van der Waals surface area contributed by atoms with Crippen molar-refractivity contribution in [2.75, 3.05) is 23.5 Å². The highest BCUT2D eigenvalue weighted by atomic mass is 32.2. The average Bonchev–Trinajstić information content (AvgIpc) is 3.23. The van der Waals surface area contributed by atoms with E-state index in [4.69, 9.17) is 5.84 Å². The molecule has 4 rings (SSSR count). The normalized spacial score (nSPS) is 15.8. The molecule has 2 aromatic carbocycles. The first-order chi connectivity index (χ1) is 15.7. The number of halogens is 2. The van der Waals surface area contributed by atoms with Crippen LogP contribution in [0.4, 0.5) is 14.5 Å². The summed E-state index contributed by atoms with van der Waals surface area (Å²) < 4.78 is 30.3. The summed E-state index contributed by atoms with van der Waals surface area (Å²) in [7, 11) is 1.96. The molecule has 0 amide bonds. The van der Waals surface area contributed by atoms with Gasteiger partial charge in [-0.1, -0.05) is 43.8 Å². The summed E-state index contributed by atoms with van der Waals surface area (Å²) in [6.07, 6.45) is 1.67.